The lowest BCUT2D eigenvalue weighted by Crippen LogP contribution is -2.55. The zero-order chi connectivity index (χ0) is 62.2. The van der Waals surface area contributed by atoms with E-state index in [-0.39, 0.29) is 54.8 Å². The highest BCUT2D eigenvalue weighted by Gasteiger charge is 2.51. The Morgan fingerprint density at radius 3 is 2.48 bits per heavy atom. The Morgan fingerprint density at radius 2 is 1.74 bits per heavy atom. The van der Waals surface area contributed by atoms with Gasteiger partial charge in [0.2, 0.25) is 0 Å². The van der Waals surface area contributed by atoms with Gasteiger partial charge >= 0.3 is 18.1 Å². The van der Waals surface area contributed by atoms with Crippen LogP contribution in [0.3, 0.4) is 0 Å². The van der Waals surface area contributed by atoms with Crippen LogP contribution in [0.4, 0.5) is 34.3 Å². The molecule has 2 saturated heterocycles. The molecule has 4 amide bonds. The minimum Gasteiger partial charge on any atom is -0.462 e. The molecule has 17 nitrogen and oxygen atoms in total. The Labute approximate surface area is 517 Å². The summed E-state index contributed by atoms with van der Waals surface area (Å²) >= 11 is 8.00. The van der Waals surface area contributed by atoms with Gasteiger partial charge in [0, 0.05) is 80.2 Å². The van der Waals surface area contributed by atoms with Crippen molar-refractivity contribution in [3.05, 3.63) is 136 Å². The molecule has 2 fully saturated rings. The van der Waals surface area contributed by atoms with Crippen LogP contribution in [0.5, 0.6) is 6.01 Å². The Hall–Kier alpha value is -7.12. The number of amides is 4. The number of benzene rings is 4. The quantitative estimate of drug-likeness (QED) is 0.0513. The summed E-state index contributed by atoms with van der Waals surface area (Å²) < 4.78 is 62.9. The van der Waals surface area contributed by atoms with Gasteiger partial charge in [-0.15, -0.1) is 0 Å². The van der Waals surface area contributed by atoms with Gasteiger partial charge < -0.3 is 39.1 Å². The Balaban J connectivity index is 0.828. The van der Waals surface area contributed by atoms with Crippen molar-refractivity contribution < 1.29 is 41.8 Å². The van der Waals surface area contributed by atoms with Gasteiger partial charge in [-0.3, -0.25) is 9.69 Å². The fourth-order valence-electron chi connectivity index (χ4n) is 11.9. The van der Waals surface area contributed by atoms with E-state index in [1.165, 1.54) is 21.7 Å². The number of urea groups is 1. The number of thioether (sulfide) groups is 1. The second-order valence-electron chi connectivity index (χ2n) is 24.4. The highest BCUT2D eigenvalue weighted by Crippen LogP contribution is 2.51. The van der Waals surface area contributed by atoms with Gasteiger partial charge in [0.15, 0.2) is 5.83 Å². The lowest BCUT2D eigenvalue weighted by Gasteiger charge is -2.42. The minimum atomic E-state index is -1.20. The molecule has 5 heterocycles. The molecule has 4 aliphatic heterocycles. The third-order valence-electron chi connectivity index (χ3n) is 16.8. The van der Waals surface area contributed by atoms with E-state index >= 15 is 9.18 Å². The minimum absolute atomic E-state index is 0.0175. The van der Waals surface area contributed by atoms with E-state index in [9.17, 15) is 23.6 Å². The maximum Gasteiger partial charge on any atom is 0.407 e. The number of carbonyl (C=O) groups is 3. The van der Waals surface area contributed by atoms with Crippen LogP contribution in [0.15, 0.2) is 102 Å². The fraction of sp³-hybridized carbons (Fsp3) is 0.492. The molecule has 464 valence electrons. The zero-order valence-electron chi connectivity index (χ0n) is 50.8. The average molecular weight is 1230 g/mol. The fourth-order valence-corrected chi connectivity index (χ4v) is 13.6. The molecule has 2 unspecified atom stereocenters. The Morgan fingerprint density at radius 1 is 0.966 bits per heavy atom. The number of hydrazone groups is 1. The normalized spacial score (nSPS) is 19.4. The molecular weight excluding hydrogens is 1160 g/mol. The summed E-state index contributed by atoms with van der Waals surface area (Å²) in [4.78, 5) is 59.3. The van der Waals surface area contributed by atoms with Gasteiger partial charge in [0.05, 0.1) is 41.9 Å². The van der Waals surface area contributed by atoms with Gasteiger partial charge in [-0.05, 0) is 147 Å². The van der Waals surface area contributed by atoms with E-state index in [0.717, 1.165) is 90.3 Å². The number of fused-ring (bicyclic) bond motifs is 2. The molecule has 9 rings (SSSR count). The van der Waals surface area contributed by atoms with Crippen molar-refractivity contribution in [1.82, 2.24) is 35.0 Å². The number of aromatic nitrogens is 2. The molecule has 4 aromatic carbocycles. The maximum atomic E-state index is 15.5. The number of halogens is 4. The van der Waals surface area contributed by atoms with Crippen molar-refractivity contribution in [2.45, 2.75) is 140 Å². The van der Waals surface area contributed by atoms with Gasteiger partial charge in [-0.25, -0.2) is 22.8 Å². The van der Waals surface area contributed by atoms with Gasteiger partial charge in [-0.2, -0.15) is 25.3 Å². The largest absolute Gasteiger partial charge is 0.462 e. The van der Waals surface area contributed by atoms with Gasteiger partial charge in [0.1, 0.15) is 39.6 Å². The number of carbonyl (C=O) groups excluding carboxylic acids is 3. The summed E-state index contributed by atoms with van der Waals surface area (Å²) in [5.41, 5.74) is 2.00. The van der Waals surface area contributed by atoms with Crippen molar-refractivity contribution in [3.63, 3.8) is 0 Å². The van der Waals surface area contributed by atoms with Crippen LogP contribution < -0.4 is 19.9 Å². The summed E-state index contributed by atoms with van der Waals surface area (Å²) in [6.45, 7) is 19.2. The molecular formula is C65H79ClF3N11O6S. The summed E-state index contributed by atoms with van der Waals surface area (Å²) in [5.74, 6) is -2.49. The number of hydrogen-bond acceptors (Lipinski definition) is 14. The van der Waals surface area contributed by atoms with Crippen molar-refractivity contribution in [2.75, 3.05) is 75.9 Å². The van der Waals surface area contributed by atoms with Gasteiger partial charge in [-0.1, -0.05) is 84.5 Å². The van der Waals surface area contributed by atoms with E-state index in [1.54, 1.807) is 32.7 Å². The first-order valence-corrected chi connectivity index (χ1v) is 31.2. The number of likely N-dealkylation sites (tertiary alicyclic amines) is 1. The highest BCUT2D eigenvalue weighted by atomic mass is 35.5. The summed E-state index contributed by atoms with van der Waals surface area (Å²) in [5, 5.41) is 21.6. The molecule has 4 atom stereocenters. The second-order valence-corrected chi connectivity index (χ2v) is 26.1. The molecule has 0 spiro atoms. The summed E-state index contributed by atoms with van der Waals surface area (Å²) in [7, 11) is 1.71. The summed E-state index contributed by atoms with van der Waals surface area (Å²) in [6, 6.07) is 26.1. The predicted octanol–water partition coefficient (Wildman–Crippen LogP) is 12.4. The van der Waals surface area contributed by atoms with Crippen LogP contribution in [-0.4, -0.2) is 148 Å². The number of hydrogen-bond donors (Lipinski definition) is 1. The van der Waals surface area contributed by atoms with E-state index in [2.05, 4.69) is 45.7 Å². The predicted molar refractivity (Wildman–Crippen MR) is 334 cm³/mol. The molecule has 0 radical (unpaired) electrons. The standard InChI is InChI=1S/C65H79ClF3N11O6S/c1-43(84-38-30-64(6,7)75(8)62(83)80-65(46-20-10-9-11-21-46,29-16-32-71-61(82)86-63(3,4)5)87-58(74-80)51-39-47(68)25-26-53(51)69)17-14-33-76-34-15-22-49(76)42-85-60-72-54-41-77(55-24-13-19-45-18-12-23-52(66)56(45)55)35-28-50(54)57(73-60)78-36-37-79(59(81)44(2)67)48(40-78)27-31-70/h9-13,18-21,23-26,39,43,48-49H,2,14-17,22,27-30,32-38,40-42H2,1,3-8H3,(H,71,82)/t43?,48-,49?,65-/m0/s1. The number of alkyl carbamates (subject to hydrolysis) is 1. The summed E-state index contributed by atoms with van der Waals surface area (Å²) in [6.07, 6.45) is 4.75. The maximum absolute atomic E-state index is 15.5. The Bertz CT molecular complexity index is 3380. The SMILES string of the molecule is C=C(F)C(=O)N1CCN(c2nc(OCC3CCCN3CCCC(C)OCCC(C)(C)N(C)C(=O)N3N=C(c4cc(F)ccc4F)S[C@@]3(CCCNC(=O)OC(C)(C)C)c3ccccc3)nc3c2CCN(c2cccc4cccc(Cl)c24)C3)C[C@@H]1CC#N. The van der Waals surface area contributed by atoms with Gasteiger partial charge in [0.25, 0.3) is 5.91 Å². The van der Waals surface area contributed by atoms with Crippen molar-refractivity contribution >= 4 is 68.7 Å². The topological polar surface area (TPSA) is 172 Å². The van der Waals surface area contributed by atoms with E-state index in [0.29, 0.717) is 69.4 Å². The van der Waals surface area contributed by atoms with Crippen LogP contribution in [0.1, 0.15) is 115 Å². The first-order valence-electron chi connectivity index (χ1n) is 30.0. The van der Waals surface area contributed by atoms with Crippen LogP contribution in [0.25, 0.3) is 10.8 Å². The number of piperazine rings is 1. The van der Waals surface area contributed by atoms with Crippen molar-refractivity contribution in [1.29, 1.82) is 5.26 Å². The lowest BCUT2D eigenvalue weighted by molar-refractivity contribution is -0.131. The van der Waals surface area contributed by atoms with E-state index < -0.39 is 57.5 Å². The van der Waals surface area contributed by atoms with E-state index in [4.69, 9.17) is 40.9 Å². The monoisotopic (exact) mass is 1230 g/mol. The van der Waals surface area contributed by atoms with Crippen LogP contribution >= 0.6 is 23.4 Å². The highest BCUT2D eigenvalue weighted by molar-refractivity contribution is 8.15. The number of anilines is 2. The number of nitriles is 1. The number of nitrogens with one attached hydrogen (secondary N) is 1. The first kappa shape index (κ1) is 64.4. The molecule has 22 heteroatoms. The smallest absolute Gasteiger partial charge is 0.407 e. The van der Waals surface area contributed by atoms with Crippen molar-refractivity contribution in [3.8, 4) is 12.1 Å². The van der Waals surface area contributed by atoms with Crippen LogP contribution in [-0.2, 0) is 32.1 Å². The number of rotatable bonds is 22. The third kappa shape index (κ3) is 15.2. The van der Waals surface area contributed by atoms with Crippen LogP contribution in [0, 0.1) is 23.0 Å². The molecule has 1 aromatic heterocycles. The lowest BCUT2D eigenvalue weighted by atomic mass is 9.98. The third-order valence-corrected chi connectivity index (χ3v) is 18.6. The van der Waals surface area contributed by atoms with Crippen molar-refractivity contribution in [2.24, 2.45) is 5.10 Å². The average Bonchev–Trinajstić information content (AvgIpc) is 1.77. The first-order chi connectivity index (χ1) is 41.5. The second kappa shape index (κ2) is 27.9. The molecule has 0 aliphatic carbocycles. The zero-order valence-corrected chi connectivity index (χ0v) is 52.4. The number of nitrogens with zero attached hydrogens (tertiary/aromatic N) is 10. The Kier molecular flexibility index (Phi) is 20.7. The molecule has 87 heavy (non-hydrogen) atoms. The molecule has 0 saturated carbocycles. The molecule has 5 aromatic rings. The van der Waals surface area contributed by atoms with Crippen LogP contribution in [0.2, 0.25) is 5.02 Å². The number of ether oxygens (including phenoxy) is 3. The molecule has 1 N–H and O–H groups in total. The van der Waals surface area contributed by atoms with E-state index in [1.807, 2.05) is 74.5 Å². The molecule has 0 bridgehead atoms. The molecule has 4 aliphatic rings.